The van der Waals surface area contributed by atoms with Gasteiger partial charge in [-0.25, -0.2) is 8.42 Å². The number of halogens is 1. The number of aromatic nitrogens is 1. The van der Waals surface area contributed by atoms with Crippen molar-refractivity contribution in [2.75, 3.05) is 31.6 Å². The number of nitrogens with one attached hydrogen (secondary N) is 1. The molecule has 0 spiro atoms. The number of morpholine rings is 1. The van der Waals surface area contributed by atoms with Gasteiger partial charge in [-0.15, -0.1) is 0 Å². The van der Waals surface area contributed by atoms with Crippen molar-refractivity contribution in [1.29, 1.82) is 0 Å². The van der Waals surface area contributed by atoms with Crippen LogP contribution in [0.25, 0.3) is 10.9 Å². The van der Waals surface area contributed by atoms with Crippen LogP contribution in [-0.4, -0.2) is 49.9 Å². The first kappa shape index (κ1) is 21.3. The standard InChI is InChI=1S/C23H22ClN3O4S/c24-15-4-9-21-19(14-15)22(18-2-1-3-20(18)26-21)23(28)25-16-5-7-17(8-6-16)32(29,30)27-10-12-31-13-11-27/h4-9,14H,1-3,10-13H2,(H,25,28). The van der Waals surface area contributed by atoms with Crippen LogP contribution in [0.15, 0.2) is 47.4 Å². The van der Waals surface area contributed by atoms with Crippen molar-refractivity contribution in [2.24, 2.45) is 0 Å². The van der Waals surface area contributed by atoms with Crippen LogP contribution in [0.3, 0.4) is 0 Å². The number of carbonyl (C=O) groups excluding carboxylic acids is 1. The number of ether oxygens (including phenoxy) is 1. The molecule has 5 rings (SSSR count). The van der Waals surface area contributed by atoms with E-state index in [1.54, 1.807) is 24.3 Å². The molecule has 7 nitrogen and oxygen atoms in total. The van der Waals surface area contributed by atoms with Gasteiger partial charge in [0.2, 0.25) is 10.0 Å². The van der Waals surface area contributed by atoms with Crippen LogP contribution < -0.4 is 5.32 Å². The molecule has 2 aliphatic rings. The summed E-state index contributed by atoms with van der Waals surface area (Å²) in [5.41, 5.74) is 3.78. The summed E-state index contributed by atoms with van der Waals surface area (Å²) >= 11 is 6.20. The molecule has 0 radical (unpaired) electrons. The normalized spacial score (nSPS) is 16.8. The fourth-order valence-electron chi connectivity index (χ4n) is 4.33. The summed E-state index contributed by atoms with van der Waals surface area (Å²) in [5, 5.41) is 4.19. The number of pyridine rings is 1. The molecule has 9 heteroatoms. The molecular weight excluding hydrogens is 450 g/mol. The highest BCUT2D eigenvalue weighted by Gasteiger charge is 2.27. The van der Waals surface area contributed by atoms with E-state index in [2.05, 4.69) is 5.32 Å². The summed E-state index contributed by atoms with van der Waals surface area (Å²) in [6, 6.07) is 11.6. The number of fused-ring (bicyclic) bond motifs is 2. The number of amides is 1. The summed E-state index contributed by atoms with van der Waals surface area (Å²) in [6.45, 7) is 1.45. The van der Waals surface area contributed by atoms with Gasteiger partial charge in [-0.05, 0) is 67.3 Å². The van der Waals surface area contributed by atoms with Gasteiger partial charge in [0.05, 0.1) is 29.2 Å². The Morgan fingerprint density at radius 1 is 1.06 bits per heavy atom. The summed E-state index contributed by atoms with van der Waals surface area (Å²) in [4.78, 5) is 18.2. The second-order valence-corrected chi connectivity index (χ2v) is 10.3. The van der Waals surface area contributed by atoms with Crippen molar-refractivity contribution in [3.63, 3.8) is 0 Å². The van der Waals surface area contributed by atoms with Crippen LogP contribution >= 0.6 is 11.6 Å². The van der Waals surface area contributed by atoms with Gasteiger partial charge in [-0.2, -0.15) is 4.31 Å². The Bertz CT molecular complexity index is 1300. The zero-order valence-corrected chi connectivity index (χ0v) is 18.9. The van der Waals surface area contributed by atoms with Crippen molar-refractivity contribution in [3.8, 4) is 0 Å². The summed E-state index contributed by atoms with van der Waals surface area (Å²) in [7, 11) is -3.58. The highest BCUT2D eigenvalue weighted by molar-refractivity contribution is 7.89. The lowest BCUT2D eigenvalue weighted by Crippen LogP contribution is -2.40. The van der Waals surface area contributed by atoms with Gasteiger partial charge >= 0.3 is 0 Å². The average molecular weight is 472 g/mol. The molecule has 0 unspecified atom stereocenters. The number of hydrogen-bond donors (Lipinski definition) is 1. The van der Waals surface area contributed by atoms with Crippen molar-refractivity contribution < 1.29 is 17.9 Å². The third-order valence-corrected chi connectivity index (χ3v) is 8.07. The highest BCUT2D eigenvalue weighted by Crippen LogP contribution is 2.32. The van der Waals surface area contributed by atoms with E-state index < -0.39 is 10.0 Å². The second kappa shape index (κ2) is 8.44. The second-order valence-electron chi connectivity index (χ2n) is 7.92. The average Bonchev–Trinajstić information content (AvgIpc) is 3.26. The number of anilines is 1. The Morgan fingerprint density at radius 3 is 2.56 bits per heavy atom. The lowest BCUT2D eigenvalue weighted by atomic mass is 10.0. The van der Waals surface area contributed by atoms with E-state index in [4.69, 9.17) is 21.3 Å². The van der Waals surface area contributed by atoms with E-state index in [1.165, 1.54) is 16.4 Å². The predicted molar refractivity (Wildman–Crippen MR) is 123 cm³/mol. The fourth-order valence-corrected chi connectivity index (χ4v) is 5.91. The van der Waals surface area contributed by atoms with Crippen molar-refractivity contribution >= 4 is 44.1 Å². The molecule has 1 amide bonds. The summed E-state index contributed by atoms with van der Waals surface area (Å²) < 4.78 is 32.3. The SMILES string of the molecule is O=C(Nc1ccc(S(=O)(=O)N2CCOCC2)cc1)c1c2c(nc3ccc(Cl)cc13)CCC2. The Kier molecular flexibility index (Phi) is 5.63. The van der Waals surface area contributed by atoms with Crippen LogP contribution in [0.2, 0.25) is 5.02 Å². The summed E-state index contributed by atoms with van der Waals surface area (Å²) in [5.74, 6) is -0.249. The Labute approximate surface area is 191 Å². The molecule has 0 saturated carbocycles. The molecule has 1 N–H and O–H groups in total. The first-order valence-corrected chi connectivity index (χ1v) is 12.4. The van der Waals surface area contributed by atoms with Crippen LogP contribution in [-0.2, 0) is 27.6 Å². The number of rotatable bonds is 4. The molecule has 32 heavy (non-hydrogen) atoms. The van der Waals surface area contributed by atoms with E-state index in [0.717, 1.165) is 41.4 Å². The first-order valence-electron chi connectivity index (χ1n) is 10.5. The Morgan fingerprint density at radius 2 is 1.81 bits per heavy atom. The maximum absolute atomic E-state index is 13.3. The van der Waals surface area contributed by atoms with E-state index in [-0.39, 0.29) is 10.8 Å². The molecule has 2 aromatic carbocycles. The molecule has 1 aromatic heterocycles. The topological polar surface area (TPSA) is 88.6 Å². The summed E-state index contributed by atoms with van der Waals surface area (Å²) in [6.07, 6.45) is 2.60. The molecule has 1 aliphatic carbocycles. The molecule has 3 aromatic rings. The van der Waals surface area contributed by atoms with Crippen LogP contribution in [0, 0.1) is 0 Å². The number of sulfonamides is 1. The number of benzene rings is 2. The van der Waals surface area contributed by atoms with Gasteiger partial charge in [0.15, 0.2) is 0 Å². The van der Waals surface area contributed by atoms with Gasteiger partial charge < -0.3 is 10.1 Å². The number of aryl methyl sites for hydroxylation is 1. The quantitative estimate of drug-likeness (QED) is 0.627. The van der Waals surface area contributed by atoms with Crippen LogP contribution in [0.4, 0.5) is 5.69 Å². The van der Waals surface area contributed by atoms with Crippen molar-refractivity contribution in [3.05, 3.63) is 64.3 Å². The van der Waals surface area contributed by atoms with Crippen molar-refractivity contribution in [1.82, 2.24) is 9.29 Å². The molecule has 166 valence electrons. The molecule has 0 atom stereocenters. The molecule has 1 aliphatic heterocycles. The fraction of sp³-hybridized carbons (Fsp3) is 0.304. The maximum atomic E-state index is 13.3. The van der Waals surface area contributed by atoms with Crippen LogP contribution in [0.1, 0.15) is 28.0 Å². The van der Waals surface area contributed by atoms with Gasteiger partial charge in [-0.1, -0.05) is 11.6 Å². The number of hydrogen-bond acceptors (Lipinski definition) is 5. The number of carbonyl (C=O) groups is 1. The van der Waals surface area contributed by atoms with E-state index in [1.807, 2.05) is 6.07 Å². The zero-order valence-electron chi connectivity index (χ0n) is 17.3. The molecule has 2 heterocycles. The van der Waals surface area contributed by atoms with Gasteiger partial charge in [0.25, 0.3) is 5.91 Å². The lowest BCUT2D eigenvalue weighted by molar-refractivity contribution is 0.0730. The monoisotopic (exact) mass is 471 g/mol. The van der Waals surface area contributed by atoms with E-state index in [0.29, 0.717) is 42.6 Å². The number of nitrogens with zero attached hydrogens (tertiary/aromatic N) is 2. The minimum atomic E-state index is -3.58. The Balaban J connectivity index is 1.44. The maximum Gasteiger partial charge on any atom is 0.256 e. The molecule has 0 bridgehead atoms. The minimum absolute atomic E-state index is 0.194. The van der Waals surface area contributed by atoms with Crippen LogP contribution in [0.5, 0.6) is 0 Å². The molecular formula is C23H22ClN3O4S. The zero-order chi connectivity index (χ0) is 22.3. The van der Waals surface area contributed by atoms with Gasteiger partial charge in [-0.3, -0.25) is 9.78 Å². The largest absolute Gasteiger partial charge is 0.379 e. The highest BCUT2D eigenvalue weighted by atomic mass is 35.5. The van der Waals surface area contributed by atoms with Gasteiger partial charge in [0.1, 0.15) is 0 Å². The lowest BCUT2D eigenvalue weighted by Gasteiger charge is -2.26. The third-order valence-electron chi connectivity index (χ3n) is 5.92. The van der Waals surface area contributed by atoms with Gasteiger partial charge in [0, 0.05) is 34.9 Å². The first-order chi connectivity index (χ1) is 15.4. The molecule has 1 fully saturated rings. The van der Waals surface area contributed by atoms with E-state index in [9.17, 15) is 13.2 Å². The Hall–Kier alpha value is -2.52. The van der Waals surface area contributed by atoms with Crippen molar-refractivity contribution in [2.45, 2.75) is 24.2 Å². The predicted octanol–water partition coefficient (Wildman–Crippen LogP) is 3.65. The van der Waals surface area contributed by atoms with E-state index >= 15 is 0 Å². The third kappa shape index (κ3) is 3.88. The minimum Gasteiger partial charge on any atom is -0.379 e. The molecule has 1 saturated heterocycles. The smallest absolute Gasteiger partial charge is 0.256 e.